The van der Waals surface area contributed by atoms with Gasteiger partial charge in [0.15, 0.2) is 17.3 Å². The molecule has 104 valence electrons. The van der Waals surface area contributed by atoms with E-state index in [-0.39, 0.29) is 17.0 Å². The van der Waals surface area contributed by atoms with Crippen molar-refractivity contribution in [2.45, 2.75) is 33.3 Å². The monoisotopic (exact) mass is 269 g/mol. The molecule has 0 heterocycles. The molecule has 1 aromatic carbocycles. The van der Waals surface area contributed by atoms with E-state index < -0.39 is 23.3 Å². The molecule has 2 N–H and O–H groups in total. The van der Waals surface area contributed by atoms with Crippen LogP contribution in [0, 0.1) is 5.82 Å². The molecular formula is C13H16FNO4. The highest BCUT2D eigenvalue weighted by atomic mass is 19.1. The molecule has 0 radical (unpaired) electrons. The standard InChI is InChI=1S/C13H16FNO4/c1-7(16)8-5-9(14)11(17)10(6-8)15-12(18)19-13(2,3)4/h5-6,17H,1-4H3,(H,15,18). The zero-order valence-electron chi connectivity index (χ0n) is 11.2. The minimum atomic E-state index is -0.987. The van der Waals surface area contributed by atoms with Gasteiger partial charge in [0.1, 0.15) is 5.60 Å². The van der Waals surface area contributed by atoms with Gasteiger partial charge < -0.3 is 9.84 Å². The number of anilines is 1. The predicted molar refractivity (Wildman–Crippen MR) is 67.9 cm³/mol. The van der Waals surface area contributed by atoms with Gasteiger partial charge in [-0.05, 0) is 39.8 Å². The Balaban J connectivity index is 3.01. The van der Waals surface area contributed by atoms with E-state index in [0.717, 1.165) is 6.07 Å². The number of hydrogen-bond acceptors (Lipinski definition) is 4. The summed E-state index contributed by atoms with van der Waals surface area (Å²) in [6.45, 7) is 6.25. The lowest BCUT2D eigenvalue weighted by molar-refractivity contribution is 0.0635. The lowest BCUT2D eigenvalue weighted by Crippen LogP contribution is -2.27. The van der Waals surface area contributed by atoms with Crippen molar-refractivity contribution in [3.63, 3.8) is 0 Å². The lowest BCUT2D eigenvalue weighted by Gasteiger charge is -2.20. The topological polar surface area (TPSA) is 75.6 Å². The molecule has 0 aromatic heterocycles. The first-order chi connectivity index (χ1) is 8.60. The highest BCUT2D eigenvalue weighted by Gasteiger charge is 2.19. The fraction of sp³-hybridized carbons (Fsp3) is 0.385. The van der Waals surface area contributed by atoms with Crippen LogP contribution in [0.25, 0.3) is 0 Å². The number of ketones is 1. The Morgan fingerprint density at radius 3 is 2.37 bits per heavy atom. The highest BCUT2D eigenvalue weighted by molar-refractivity contribution is 5.97. The Hall–Kier alpha value is -2.11. The molecule has 0 aliphatic rings. The number of aromatic hydroxyl groups is 1. The highest BCUT2D eigenvalue weighted by Crippen LogP contribution is 2.28. The number of carbonyl (C=O) groups excluding carboxylic acids is 2. The molecule has 0 aliphatic carbocycles. The summed E-state index contributed by atoms with van der Waals surface area (Å²) in [4.78, 5) is 22.7. The van der Waals surface area contributed by atoms with Crippen molar-refractivity contribution in [2.24, 2.45) is 0 Å². The van der Waals surface area contributed by atoms with Crippen molar-refractivity contribution in [1.29, 1.82) is 0 Å². The minimum absolute atomic E-state index is 0.0429. The van der Waals surface area contributed by atoms with Crippen LogP contribution in [0.5, 0.6) is 5.75 Å². The Labute approximate surface area is 110 Å². The molecule has 0 bridgehead atoms. The van der Waals surface area contributed by atoms with Crippen molar-refractivity contribution < 1.29 is 23.8 Å². The Bertz CT molecular complexity index is 520. The van der Waals surface area contributed by atoms with Crippen LogP contribution in [0.3, 0.4) is 0 Å². The molecule has 0 atom stereocenters. The quantitative estimate of drug-likeness (QED) is 0.639. The number of nitrogens with one attached hydrogen (secondary N) is 1. The second kappa shape index (κ2) is 5.26. The number of amides is 1. The van der Waals surface area contributed by atoms with Gasteiger partial charge >= 0.3 is 6.09 Å². The van der Waals surface area contributed by atoms with E-state index in [0.29, 0.717) is 0 Å². The number of phenolic OH excluding ortho intramolecular Hbond substituents is 1. The first-order valence-electron chi connectivity index (χ1n) is 5.63. The summed E-state index contributed by atoms with van der Waals surface area (Å²) in [5.41, 5.74) is -0.892. The zero-order chi connectivity index (χ0) is 14.8. The van der Waals surface area contributed by atoms with E-state index in [1.54, 1.807) is 20.8 Å². The number of rotatable bonds is 2. The first kappa shape index (κ1) is 14.9. The van der Waals surface area contributed by atoms with Crippen molar-refractivity contribution in [1.82, 2.24) is 0 Å². The average Bonchev–Trinajstić information content (AvgIpc) is 2.21. The van der Waals surface area contributed by atoms with Gasteiger partial charge in [0.2, 0.25) is 0 Å². The smallest absolute Gasteiger partial charge is 0.412 e. The van der Waals surface area contributed by atoms with Crippen LogP contribution >= 0.6 is 0 Å². The molecule has 0 aliphatic heterocycles. The molecule has 1 aromatic rings. The zero-order valence-corrected chi connectivity index (χ0v) is 11.2. The van der Waals surface area contributed by atoms with E-state index in [1.165, 1.54) is 13.0 Å². The lowest BCUT2D eigenvalue weighted by atomic mass is 10.1. The van der Waals surface area contributed by atoms with E-state index in [1.807, 2.05) is 0 Å². The maximum absolute atomic E-state index is 13.4. The van der Waals surface area contributed by atoms with Crippen molar-refractivity contribution in [2.75, 3.05) is 5.32 Å². The second-order valence-electron chi connectivity index (χ2n) is 5.04. The van der Waals surface area contributed by atoms with Crippen molar-refractivity contribution in [3.05, 3.63) is 23.5 Å². The number of benzene rings is 1. The molecule has 1 amide bonds. The minimum Gasteiger partial charge on any atom is -0.503 e. The summed E-state index contributed by atoms with van der Waals surface area (Å²) in [5.74, 6) is -2.11. The number of halogens is 1. The molecular weight excluding hydrogens is 253 g/mol. The summed E-state index contributed by atoms with van der Waals surface area (Å²) >= 11 is 0. The molecule has 1 rings (SSSR count). The fourth-order valence-electron chi connectivity index (χ4n) is 1.31. The molecule has 0 spiro atoms. The molecule has 0 unspecified atom stereocenters. The van der Waals surface area contributed by atoms with Gasteiger partial charge in [-0.25, -0.2) is 9.18 Å². The predicted octanol–water partition coefficient (Wildman–Crippen LogP) is 3.08. The number of Topliss-reactive ketones (excluding diaryl/α,β-unsaturated/α-hetero) is 1. The molecule has 5 nitrogen and oxygen atoms in total. The maximum Gasteiger partial charge on any atom is 0.412 e. The summed E-state index contributed by atoms with van der Waals surface area (Å²) < 4.78 is 18.4. The molecule has 6 heteroatoms. The van der Waals surface area contributed by atoms with E-state index in [9.17, 15) is 19.1 Å². The summed E-state index contributed by atoms with van der Waals surface area (Å²) in [5, 5.41) is 11.7. The molecule has 19 heavy (non-hydrogen) atoms. The Kier molecular flexibility index (Phi) is 4.14. The summed E-state index contributed by atoms with van der Waals surface area (Å²) in [6, 6.07) is 2.09. The molecule has 0 saturated carbocycles. The van der Waals surface area contributed by atoms with E-state index in [4.69, 9.17) is 4.74 Å². The van der Waals surface area contributed by atoms with Crippen LogP contribution in [0.15, 0.2) is 12.1 Å². The summed E-state index contributed by atoms with van der Waals surface area (Å²) in [6.07, 6.45) is -0.845. The molecule has 0 fully saturated rings. The number of ether oxygens (including phenoxy) is 1. The van der Waals surface area contributed by atoms with Gasteiger partial charge in [-0.15, -0.1) is 0 Å². The third-order valence-electron chi connectivity index (χ3n) is 2.11. The number of hydrogen-bond donors (Lipinski definition) is 2. The van der Waals surface area contributed by atoms with E-state index >= 15 is 0 Å². The number of phenols is 1. The van der Waals surface area contributed by atoms with Gasteiger partial charge in [0.25, 0.3) is 0 Å². The average molecular weight is 269 g/mol. The molecule has 0 saturated heterocycles. The summed E-state index contributed by atoms with van der Waals surface area (Å²) in [7, 11) is 0. The van der Waals surface area contributed by atoms with Gasteiger partial charge in [0.05, 0.1) is 5.69 Å². The van der Waals surface area contributed by atoms with Crippen molar-refractivity contribution >= 4 is 17.6 Å². The van der Waals surface area contributed by atoms with E-state index in [2.05, 4.69) is 5.32 Å². The van der Waals surface area contributed by atoms with Crippen LogP contribution < -0.4 is 5.32 Å². The normalized spacial score (nSPS) is 11.0. The van der Waals surface area contributed by atoms with Gasteiger partial charge in [0, 0.05) is 5.56 Å². The Morgan fingerprint density at radius 2 is 1.89 bits per heavy atom. The maximum atomic E-state index is 13.4. The van der Waals surface area contributed by atoms with Gasteiger partial charge in [-0.1, -0.05) is 0 Å². The number of carbonyl (C=O) groups is 2. The third-order valence-corrected chi connectivity index (χ3v) is 2.11. The third kappa shape index (κ3) is 4.24. The van der Waals surface area contributed by atoms with Crippen LogP contribution in [0.4, 0.5) is 14.9 Å². The second-order valence-corrected chi connectivity index (χ2v) is 5.04. The van der Waals surface area contributed by atoms with Crippen LogP contribution in [0.1, 0.15) is 38.1 Å². The Morgan fingerprint density at radius 1 is 1.32 bits per heavy atom. The van der Waals surface area contributed by atoms with Crippen molar-refractivity contribution in [3.8, 4) is 5.75 Å². The van der Waals surface area contributed by atoms with Gasteiger partial charge in [-0.3, -0.25) is 10.1 Å². The SMILES string of the molecule is CC(=O)c1cc(F)c(O)c(NC(=O)OC(C)(C)C)c1. The first-order valence-corrected chi connectivity index (χ1v) is 5.63. The van der Waals surface area contributed by atoms with Crippen LogP contribution in [-0.2, 0) is 4.74 Å². The largest absolute Gasteiger partial charge is 0.503 e. The van der Waals surface area contributed by atoms with Gasteiger partial charge in [-0.2, -0.15) is 0 Å². The fourth-order valence-corrected chi connectivity index (χ4v) is 1.31. The van der Waals surface area contributed by atoms with Crippen LogP contribution in [0.2, 0.25) is 0 Å². The van der Waals surface area contributed by atoms with Crippen LogP contribution in [-0.4, -0.2) is 22.6 Å².